The highest BCUT2D eigenvalue weighted by Gasteiger charge is 2.33. The molecule has 4 rings (SSSR count). The molecule has 1 aliphatic heterocycles. The molecular formula is C25H20Cl3F2NO2S. The molecule has 0 radical (unpaired) electrons. The molecule has 3 aromatic carbocycles. The minimum Gasteiger partial charge on any atom is -0.284 e. The quantitative estimate of drug-likeness (QED) is 0.314. The summed E-state index contributed by atoms with van der Waals surface area (Å²) >= 11 is 18.7. The minimum absolute atomic E-state index is 0.0564. The van der Waals surface area contributed by atoms with E-state index < -0.39 is 26.7 Å². The summed E-state index contributed by atoms with van der Waals surface area (Å²) in [7, 11) is -3.66. The van der Waals surface area contributed by atoms with Gasteiger partial charge in [0.1, 0.15) is 16.9 Å². The molecule has 0 amide bonds. The molecule has 9 heteroatoms. The Morgan fingerprint density at radius 3 is 2.00 bits per heavy atom. The van der Waals surface area contributed by atoms with Crippen molar-refractivity contribution in [2.24, 2.45) is 0 Å². The van der Waals surface area contributed by atoms with Gasteiger partial charge < -0.3 is 0 Å². The molecule has 3 nitrogen and oxygen atoms in total. The zero-order chi connectivity index (χ0) is 24.6. The van der Waals surface area contributed by atoms with E-state index in [0.717, 1.165) is 35.1 Å². The molecule has 0 saturated carbocycles. The number of hydrogen-bond acceptors (Lipinski definition) is 3. The van der Waals surface area contributed by atoms with Gasteiger partial charge >= 0.3 is 0 Å². The maximum absolute atomic E-state index is 13.8. The first-order chi connectivity index (χ1) is 16.0. The summed E-state index contributed by atoms with van der Waals surface area (Å²) in [5.41, 5.74) is 2.70. The molecule has 0 aliphatic carbocycles. The first-order valence-corrected chi connectivity index (χ1v) is 13.4. The fourth-order valence-electron chi connectivity index (χ4n) is 4.14. The number of likely N-dealkylation sites (tertiary alicyclic amines) is 1. The molecule has 1 saturated heterocycles. The highest BCUT2D eigenvalue weighted by atomic mass is 35.5. The number of benzene rings is 3. The van der Waals surface area contributed by atoms with Crippen molar-refractivity contribution in [2.75, 3.05) is 19.3 Å². The number of sulfone groups is 1. The minimum atomic E-state index is -3.66. The molecule has 1 aliphatic rings. The smallest absolute Gasteiger partial charge is 0.158 e. The normalized spacial score (nSPS) is 16.1. The van der Waals surface area contributed by atoms with Crippen LogP contribution in [-0.4, -0.2) is 32.7 Å². The van der Waals surface area contributed by atoms with Crippen LogP contribution in [0.2, 0.25) is 15.1 Å². The number of hydrogen-bond donors (Lipinski definition) is 0. The van der Waals surface area contributed by atoms with Crippen molar-refractivity contribution in [3.63, 3.8) is 0 Å². The SMILES string of the molecule is CS(=O)(=O)C(C=C1CN(C(c2ccc(Cl)cc2)c2ccc(Cl)cc2Cl)C1)c1cc(F)cc(F)c1. The summed E-state index contributed by atoms with van der Waals surface area (Å²) in [5, 5.41) is 0.482. The summed E-state index contributed by atoms with van der Waals surface area (Å²) < 4.78 is 52.4. The molecule has 1 fully saturated rings. The number of rotatable bonds is 6. The van der Waals surface area contributed by atoms with Crippen LogP contribution >= 0.6 is 34.8 Å². The lowest BCUT2D eigenvalue weighted by atomic mass is 9.92. The molecule has 1 heterocycles. The molecule has 2 unspecified atom stereocenters. The van der Waals surface area contributed by atoms with Crippen LogP contribution in [0.4, 0.5) is 8.78 Å². The van der Waals surface area contributed by atoms with E-state index in [-0.39, 0.29) is 11.6 Å². The molecule has 0 aromatic heterocycles. The maximum atomic E-state index is 13.8. The maximum Gasteiger partial charge on any atom is 0.158 e. The van der Waals surface area contributed by atoms with E-state index in [1.165, 1.54) is 0 Å². The van der Waals surface area contributed by atoms with Crippen LogP contribution in [0.5, 0.6) is 0 Å². The largest absolute Gasteiger partial charge is 0.284 e. The van der Waals surface area contributed by atoms with Crippen molar-refractivity contribution in [1.82, 2.24) is 4.90 Å². The summed E-state index contributed by atoms with van der Waals surface area (Å²) in [6, 6.07) is 15.3. The van der Waals surface area contributed by atoms with Crippen molar-refractivity contribution in [3.05, 3.63) is 116 Å². The molecular weight excluding hydrogens is 523 g/mol. The van der Waals surface area contributed by atoms with Gasteiger partial charge in [0, 0.05) is 40.5 Å². The Kier molecular flexibility index (Phi) is 7.36. The third-order valence-electron chi connectivity index (χ3n) is 5.68. The molecule has 2 atom stereocenters. The molecule has 0 spiro atoms. The zero-order valence-electron chi connectivity index (χ0n) is 18.0. The lowest BCUT2D eigenvalue weighted by Crippen LogP contribution is -2.43. The van der Waals surface area contributed by atoms with E-state index in [9.17, 15) is 17.2 Å². The van der Waals surface area contributed by atoms with E-state index in [1.54, 1.807) is 30.3 Å². The Balaban J connectivity index is 1.66. The van der Waals surface area contributed by atoms with E-state index in [1.807, 2.05) is 18.2 Å². The van der Waals surface area contributed by atoms with Gasteiger partial charge in [-0.15, -0.1) is 0 Å². The van der Waals surface area contributed by atoms with E-state index in [4.69, 9.17) is 34.8 Å². The van der Waals surface area contributed by atoms with Gasteiger partial charge in [-0.05, 0) is 58.7 Å². The lowest BCUT2D eigenvalue weighted by molar-refractivity contribution is 0.201. The molecule has 0 bridgehead atoms. The van der Waals surface area contributed by atoms with Crippen LogP contribution in [0.15, 0.2) is 72.3 Å². The Labute approximate surface area is 212 Å². The Morgan fingerprint density at radius 1 is 0.853 bits per heavy atom. The van der Waals surface area contributed by atoms with E-state index >= 15 is 0 Å². The van der Waals surface area contributed by atoms with Crippen molar-refractivity contribution in [1.29, 1.82) is 0 Å². The van der Waals surface area contributed by atoms with Gasteiger partial charge in [0.25, 0.3) is 0 Å². The molecule has 34 heavy (non-hydrogen) atoms. The Bertz CT molecular complexity index is 1330. The van der Waals surface area contributed by atoms with E-state index in [0.29, 0.717) is 34.2 Å². The molecule has 178 valence electrons. The topological polar surface area (TPSA) is 37.4 Å². The van der Waals surface area contributed by atoms with Crippen LogP contribution in [0, 0.1) is 11.6 Å². The second-order valence-corrected chi connectivity index (χ2v) is 11.7. The first-order valence-electron chi connectivity index (χ1n) is 10.3. The van der Waals surface area contributed by atoms with Crippen molar-refractivity contribution < 1.29 is 17.2 Å². The summed E-state index contributed by atoms with van der Waals surface area (Å²) in [5.74, 6) is -1.64. The average molecular weight is 543 g/mol. The zero-order valence-corrected chi connectivity index (χ0v) is 21.1. The Morgan fingerprint density at radius 2 is 1.44 bits per heavy atom. The number of nitrogens with zero attached hydrogens (tertiary/aromatic N) is 1. The van der Waals surface area contributed by atoms with Crippen LogP contribution in [0.1, 0.15) is 28.0 Å². The van der Waals surface area contributed by atoms with Crippen molar-refractivity contribution in [3.8, 4) is 0 Å². The third-order valence-corrected chi connectivity index (χ3v) is 7.83. The lowest BCUT2D eigenvalue weighted by Gasteiger charge is -2.42. The third kappa shape index (κ3) is 5.64. The van der Waals surface area contributed by atoms with Gasteiger partial charge in [-0.2, -0.15) is 0 Å². The van der Waals surface area contributed by atoms with Crippen LogP contribution in [0.25, 0.3) is 0 Å². The summed E-state index contributed by atoms with van der Waals surface area (Å²) in [4.78, 5) is 2.12. The number of halogens is 5. The first kappa shape index (κ1) is 25.1. The average Bonchev–Trinajstić information content (AvgIpc) is 2.69. The van der Waals surface area contributed by atoms with Gasteiger partial charge in [-0.1, -0.05) is 59.1 Å². The highest BCUT2D eigenvalue weighted by molar-refractivity contribution is 7.91. The van der Waals surface area contributed by atoms with Crippen molar-refractivity contribution in [2.45, 2.75) is 11.3 Å². The van der Waals surface area contributed by atoms with Gasteiger partial charge in [0.2, 0.25) is 0 Å². The highest BCUT2D eigenvalue weighted by Crippen LogP contribution is 2.39. The van der Waals surface area contributed by atoms with Crippen molar-refractivity contribution >= 4 is 44.6 Å². The fraction of sp³-hybridized carbons (Fsp3) is 0.200. The van der Waals surface area contributed by atoms with E-state index in [2.05, 4.69) is 4.90 Å². The van der Waals surface area contributed by atoms with Crippen LogP contribution in [0.3, 0.4) is 0 Å². The second-order valence-electron chi connectivity index (χ2n) is 8.30. The Hall–Kier alpha value is -1.96. The summed E-state index contributed by atoms with van der Waals surface area (Å²) in [6.45, 7) is 0.909. The monoisotopic (exact) mass is 541 g/mol. The standard InChI is InChI=1S/C25H20Cl3F2NO2S/c1-34(32,33)24(17-9-20(29)12-21(30)10-17)8-15-13-31(14-15)25(16-2-4-18(26)5-3-16)22-7-6-19(27)11-23(22)28/h2-12,24-25H,13-14H2,1H3. The predicted molar refractivity (Wildman–Crippen MR) is 133 cm³/mol. The van der Waals surface area contributed by atoms with Crippen LogP contribution < -0.4 is 0 Å². The van der Waals surface area contributed by atoms with Crippen LogP contribution in [-0.2, 0) is 9.84 Å². The fourth-order valence-corrected chi connectivity index (χ4v) is 5.85. The van der Waals surface area contributed by atoms with Gasteiger partial charge in [0.15, 0.2) is 9.84 Å². The van der Waals surface area contributed by atoms with Gasteiger partial charge in [-0.25, -0.2) is 17.2 Å². The van der Waals surface area contributed by atoms with Gasteiger partial charge in [0.05, 0.1) is 6.04 Å². The summed E-state index contributed by atoms with van der Waals surface area (Å²) in [6.07, 6.45) is 2.63. The molecule has 3 aromatic rings. The second kappa shape index (κ2) is 9.96. The molecule has 0 N–H and O–H groups in total. The predicted octanol–water partition coefficient (Wildman–Crippen LogP) is 7.04. The van der Waals surface area contributed by atoms with Gasteiger partial charge in [-0.3, -0.25) is 4.90 Å².